The van der Waals surface area contributed by atoms with Crippen LogP contribution in [0.4, 0.5) is 0 Å². The molecule has 0 aliphatic carbocycles. The molecule has 1 heterocycles. The lowest BCUT2D eigenvalue weighted by atomic mass is 10.1. The van der Waals surface area contributed by atoms with Gasteiger partial charge in [0.1, 0.15) is 11.0 Å². The summed E-state index contributed by atoms with van der Waals surface area (Å²) in [5.41, 5.74) is 1.83. The van der Waals surface area contributed by atoms with Crippen molar-refractivity contribution in [3.05, 3.63) is 42.0 Å². The molecule has 0 spiro atoms. The minimum Gasteiger partial charge on any atom is -0.491 e. The fraction of sp³-hybridized carbons (Fsp3) is 0.333. The number of amidine groups is 1. The molecule has 2 N–H and O–H groups in total. The van der Waals surface area contributed by atoms with E-state index < -0.39 is 11.2 Å². The third-order valence-corrected chi connectivity index (χ3v) is 4.38. The number of aliphatic carboxylic acids is 1. The van der Waals surface area contributed by atoms with Crippen molar-refractivity contribution in [3.63, 3.8) is 0 Å². The Morgan fingerprint density at radius 3 is 2.92 bits per heavy atom. The molecule has 1 aromatic carbocycles. The van der Waals surface area contributed by atoms with Gasteiger partial charge >= 0.3 is 5.97 Å². The summed E-state index contributed by atoms with van der Waals surface area (Å²) >= 11 is 1.06. The molecule has 1 fully saturated rings. The van der Waals surface area contributed by atoms with Crippen LogP contribution in [0.3, 0.4) is 0 Å². The fourth-order valence-electron chi connectivity index (χ4n) is 2.26. The first-order valence-electron chi connectivity index (χ1n) is 8.10. The van der Waals surface area contributed by atoms with Crippen molar-refractivity contribution < 1.29 is 19.4 Å². The molecule has 8 heteroatoms. The first-order valence-corrected chi connectivity index (χ1v) is 8.97. The Bertz CT molecular complexity index is 759. The Morgan fingerprint density at radius 1 is 1.50 bits per heavy atom. The van der Waals surface area contributed by atoms with Crippen molar-refractivity contribution in [1.82, 2.24) is 5.32 Å². The Morgan fingerprint density at radius 2 is 2.27 bits per heavy atom. The van der Waals surface area contributed by atoms with Crippen LogP contribution < -0.4 is 10.1 Å². The molecule has 2 rings (SSSR count). The van der Waals surface area contributed by atoms with Crippen LogP contribution in [0.1, 0.15) is 31.4 Å². The van der Waals surface area contributed by atoms with Crippen molar-refractivity contribution in [1.29, 1.82) is 0 Å². The van der Waals surface area contributed by atoms with Crippen LogP contribution in [0.5, 0.6) is 5.75 Å². The van der Waals surface area contributed by atoms with Gasteiger partial charge in [0.05, 0.1) is 18.7 Å². The number of carboxylic acid groups (broad SMARTS) is 1. The second-order valence-electron chi connectivity index (χ2n) is 5.87. The van der Waals surface area contributed by atoms with Crippen LogP contribution in [0, 0.1) is 0 Å². The summed E-state index contributed by atoms with van der Waals surface area (Å²) in [7, 11) is 0. The highest BCUT2D eigenvalue weighted by Crippen LogP contribution is 2.23. The SMILES string of the molecule is C=CCc1cc(C=NN=C2NC(=O)C(CC(=O)O)S2)ccc1OC(C)C. The molecule has 1 unspecified atom stereocenters. The number of nitrogens with zero attached hydrogens (tertiary/aromatic N) is 2. The summed E-state index contributed by atoms with van der Waals surface area (Å²) in [4.78, 5) is 22.4. The van der Waals surface area contributed by atoms with Crippen LogP contribution in [0.15, 0.2) is 41.1 Å². The second-order valence-corrected chi connectivity index (χ2v) is 7.06. The van der Waals surface area contributed by atoms with E-state index in [4.69, 9.17) is 9.84 Å². The predicted octanol–water partition coefficient (Wildman–Crippen LogP) is 2.60. The zero-order chi connectivity index (χ0) is 19.1. The molecule has 0 saturated carbocycles. The summed E-state index contributed by atoms with van der Waals surface area (Å²) in [6.07, 6.45) is 3.86. The number of benzene rings is 1. The van der Waals surface area contributed by atoms with Gasteiger partial charge in [-0.15, -0.1) is 11.7 Å². The van der Waals surface area contributed by atoms with Gasteiger partial charge in [-0.3, -0.25) is 9.59 Å². The van der Waals surface area contributed by atoms with E-state index in [0.717, 1.165) is 28.6 Å². The predicted molar refractivity (Wildman–Crippen MR) is 103 cm³/mol. The smallest absolute Gasteiger partial charge is 0.305 e. The van der Waals surface area contributed by atoms with Crippen molar-refractivity contribution in [3.8, 4) is 5.75 Å². The summed E-state index contributed by atoms with van der Waals surface area (Å²) in [6.45, 7) is 7.69. The van der Waals surface area contributed by atoms with Gasteiger partial charge in [0, 0.05) is 0 Å². The van der Waals surface area contributed by atoms with E-state index in [2.05, 4.69) is 22.1 Å². The first-order chi connectivity index (χ1) is 12.4. The van der Waals surface area contributed by atoms with Gasteiger partial charge in [-0.05, 0) is 49.6 Å². The van der Waals surface area contributed by atoms with Crippen molar-refractivity contribution in [2.45, 2.75) is 38.0 Å². The first kappa shape index (κ1) is 19.7. The molecule has 0 aromatic heterocycles. The fourth-order valence-corrected chi connectivity index (χ4v) is 3.17. The van der Waals surface area contributed by atoms with E-state index in [1.807, 2.05) is 32.0 Å². The zero-order valence-corrected chi connectivity index (χ0v) is 15.5. The molecule has 1 aromatic rings. The quantitative estimate of drug-likeness (QED) is 0.413. The average molecular weight is 375 g/mol. The van der Waals surface area contributed by atoms with Gasteiger partial charge in [-0.1, -0.05) is 17.8 Å². The Hall–Kier alpha value is -2.61. The molecule has 138 valence electrons. The highest BCUT2D eigenvalue weighted by molar-refractivity contribution is 8.15. The normalized spacial score (nSPS) is 18.5. The molecule has 1 atom stereocenters. The molecular weight excluding hydrogens is 354 g/mol. The highest BCUT2D eigenvalue weighted by Gasteiger charge is 2.32. The number of carboxylic acids is 1. The van der Waals surface area contributed by atoms with Crippen LogP contribution in [-0.2, 0) is 16.0 Å². The number of thioether (sulfide) groups is 1. The maximum atomic E-state index is 11.6. The highest BCUT2D eigenvalue weighted by atomic mass is 32.2. The molecule has 26 heavy (non-hydrogen) atoms. The molecule has 7 nitrogen and oxygen atoms in total. The molecule has 1 aliphatic heterocycles. The Labute approximate surface area is 156 Å². The molecular formula is C18H21N3O4S. The Kier molecular flexibility index (Phi) is 6.97. The van der Waals surface area contributed by atoms with Crippen molar-refractivity contribution >= 4 is 35.0 Å². The van der Waals surface area contributed by atoms with E-state index >= 15 is 0 Å². The summed E-state index contributed by atoms with van der Waals surface area (Å²) < 4.78 is 5.78. The summed E-state index contributed by atoms with van der Waals surface area (Å²) in [5.74, 6) is -0.589. The summed E-state index contributed by atoms with van der Waals surface area (Å²) in [5, 5.41) is 18.8. The number of carbonyl (C=O) groups excluding carboxylic acids is 1. The average Bonchev–Trinajstić information content (AvgIpc) is 2.89. The minimum absolute atomic E-state index is 0.0752. The van der Waals surface area contributed by atoms with Crippen LogP contribution in [-0.4, -0.2) is 39.7 Å². The number of hydrogen-bond donors (Lipinski definition) is 2. The number of ether oxygens (including phenoxy) is 1. The van der Waals surface area contributed by atoms with Gasteiger partial charge in [0.15, 0.2) is 5.17 Å². The Balaban J connectivity index is 2.08. The van der Waals surface area contributed by atoms with E-state index in [0.29, 0.717) is 11.6 Å². The third-order valence-electron chi connectivity index (χ3n) is 3.30. The van der Waals surface area contributed by atoms with Crippen molar-refractivity contribution in [2.24, 2.45) is 10.2 Å². The van der Waals surface area contributed by atoms with E-state index in [-0.39, 0.29) is 18.4 Å². The lowest BCUT2D eigenvalue weighted by Gasteiger charge is -2.13. The third kappa shape index (κ3) is 5.73. The molecule has 1 amide bonds. The largest absolute Gasteiger partial charge is 0.491 e. The number of rotatable bonds is 8. The van der Waals surface area contributed by atoms with Gasteiger partial charge in [0.2, 0.25) is 5.91 Å². The molecule has 1 saturated heterocycles. The monoisotopic (exact) mass is 375 g/mol. The maximum absolute atomic E-state index is 11.6. The molecule has 1 aliphatic rings. The second kappa shape index (κ2) is 9.19. The number of allylic oxidation sites excluding steroid dienone is 1. The van der Waals surface area contributed by atoms with Crippen LogP contribution in [0.25, 0.3) is 0 Å². The minimum atomic E-state index is -1.03. The van der Waals surface area contributed by atoms with Gasteiger partial charge in [-0.25, -0.2) is 0 Å². The maximum Gasteiger partial charge on any atom is 0.305 e. The molecule has 0 bridgehead atoms. The van der Waals surface area contributed by atoms with Gasteiger partial charge < -0.3 is 15.2 Å². The molecule has 0 radical (unpaired) electrons. The number of nitrogens with one attached hydrogen (secondary N) is 1. The topological polar surface area (TPSA) is 100 Å². The van der Waals surface area contributed by atoms with E-state index in [9.17, 15) is 9.59 Å². The lowest BCUT2D eigenvalue weighted by Crippen LogP contribution is -2.26. The van der Waals surface area contributed by atoms with Crippen LogP contribution >= 0.6 is 11.8 Å². The summed E-state index contributed by atoms with van der Waals surface area (Å²) in [6, 6.07) is 5.68. The number of amides is 1. The van der Waals surface area contributed by atoms with E-state index in [1.165, 1.54) is 0 Å². The van der Waals surface area contributed by atoms with Gasteiger partial charge in [0.25, 0.3) is 0 Å². The lowest BCUT2D eigenvalue weighted by molar-refractivity contribution is -0.138. The zero-order valence-electron chi connectivity index (χ0n) is 14.6. The standard InChI is InChI=1S/C18H21N3O4S/c1-4-5-13-8-12(6-7-14(13)25-11(2)3)10-19-21-18-20-17(24)15(26-18)9-16(22)23/h4,6-8,10-11,15H,1,5,9H2,2-3H3,(H,22,23)(H,20,21,24). The van der Waals surface area contributed by atoms with Crippen LogP contribution in [0.2, 0.25) is 0 Å². The van der Waals surface area contributed by atoms with Gasteiger partial charge in [-0.2, -0.15) is 5.10 Å². The number of carbonyl (C=O) groups is 2. The van der Waals surface area contributed by atoms with Crippen molar-refractivity contribution in [2.75, 3.05) is 0 Å². The van der Waals surface area contributed by atoms with E-state index in [1.54, 1.807) is 12.3 Å². The number of hydrogen-bond acceptors (Lipinski definition) is 6.